The molecule has 1 saturated heterocycles. The van der Waals surface area contributed by atoms with Gasteiger partial charge >= 0.3 is 0 Å². The molecular weight excluding hydrogens is 360 g/mol. The molecule has 7 heteroatoms. The minimum atomic E-state index is -0.0577. The molecule has 2 atom stereocenters. The SMILES string of the molecule is Cn1cccc1[C@@H]1[C@@H](c2ccccn2)NC(=S)N1c1ccc2c(c1)OCO2. The largest absolute Gasteiger partial charge is 0.454 e. The van der Waals surface area contributed by atoms with Gasteiger partial charge in [0.1, 0.15) is 6.04 Å². The molecule has 1 N–H and O–H groups in total. The molecule has 0 amide bonds. The Morgan fingerprint density at radius 3 is 2.78 bits per heavy atom. The molecule has 4 heterocycles. The van der Waals surface area contributed by atoms with Crippen LogP contribution in [-0.2, 0) is 7.05 Å². The Morgan fingerprint density at radius 1 is 1.11 bits per heavy atom. The van der Waals surface area contributed by atoms with Crippen LogP contribution in [0.4, 0.5) is 5.69 Å². The number of hydrogen-bond acceptors (Lipinski definition) is 4. The number of aromatic nitrogens is 2. The first-order valence-corrected chi connectivity index (χ1v) is 9.15. The van der Waals surface area contributed by atoms with E-state index in [0.717, 1.165) is 28.6 Å². The third kappa shape index (κ3) is 2.62. The molecule has 0 radical (unpaired) electrons. The lowest BCUT2D eigenvalue weighted by Crippen LogP contribution is -2.30. The van der Waals surface area contributed by atoms with E-state index in [4.69, 9.17) is 21.7 Å². The highest BCUT2D eigenvalue weighted by molar-refractivity contribution is 7.80. The third-order valence-electron chi connectivity index (χ3n) is 5.02. The van der Waals surface area contributed by atoms with Crippen LogP contribution in [-0.4, -0.2) is 21.5 Å². The van der Waals surface area contributed by atoms with Gasteiger partial charge in [-0.25, -0.2) is 0 Å². The van der Waals surface area contributed by atoms with Gasteiger partial charge in [-0.3, -0.25) is 4.98 Å². The molecule has 136 valence electrons. The van der Waals surface area contributed by atoms with Gasteiger partial charge < -0.3 is 24.3 Å². The van der Waals surface area contributed by atoms with Crippen molar-refractivity contribution in [3.63, 3.8) is 0 Å². The number of hydrogen-bond donors (Lipinski definition) is 1. The van der Waals surface area contributed by atoms with Crippen molar-refractivity contribution in [2.75, 3.05) is 11.7 Å². The van der Waals surface area contributed by atoms with Crippen LogP contribution in [0.3, 0.4) is 0 Å². The summed E-state index contributed by atoms with van der Waals surface area (Å²) in [5, 5.41) is 4.12. The van der Waals surface area contributed by atoms with Crippen LogP contribution in [0.25, 0.3) is 0 Å². The Hall–Kier alpha value is -3.06. The first-order chi connectivity index (χ1) is 13.2. The highest BCUT2D eigenvalue weighted by Gasteiger charge is 2.42. The summed E-state index contributed by atoms with van der Waals surface area (Å²) in [4.78, 5) is 6.70. The van der Waals surface area contributed by atoms with Gasteiger partial charge in [0, 0.05) is 36.9 Å². The molecule has 27 heavy (non-hydrogen) atoms. The molecule has 0 aliphatic carbocycles. The van der Waals surface area contributed by atoms with Crippen LogP contribution >= 0.6 is 12.2 Å². The lowest BCUT2D eigenvalue weighted by atomic mass is 10.0. The number of fused-ring (bicyclic) bond motifs is 1. The Kier molecular flexibility index (Phi) is 3.75. The maximum Gasteiger partial charge on any atom is 0.231 e. The standard InChI is InChI=1S/C20H18N4O2S/c1-23-10-4-6-15(23)19-18(14-5-2-3-9-21-14)22-20(27)24(19)13-7-8-16-17(11-13)26-12-25-16/h2-11,18-19H,12H2,1H3,(H,22,27)/t18-,19-/m1/s1. The average molecular weight is 378 g/mol. The molecule has 2 aliphatic rings. The molecule has 1 aromatic carbocycles. The van der Waals surface area contributed by atoms with Crippen molar-refractivity contribution in [2.45, 2.75) is 12.1 Å². The molecule has 3 aromatic rings. The van der Waals surface area contributed by atoms with Crippen molar-refractivity contribution in [3.05, 3.63) is 72.3 Å². The van der Waals surface area contributed by atoms with E-state index < -0.39 is 0 Å². The zero-order valence-corrected chi connectivity index (χ0v) is 15.5. The first-order valence-electron chi connectivity index (χ1n) is 8.74. The normalized spacial score (nSPS) is 20.8. The summed E-state index contributed by atoms with van der Waals surface area (Å²) in [6.07, 6.45) is 3.86. The van der Waals surface area contributed by atoms with Crippen LogP contribution in [0, 0.1) is 0 Å². The number of nitrogens with zero attached hydrogens (tertiary/aromatic N) is 3. The molecule has 0 unspecified atom stereocenters. The van der Waals surface area contributed by atoms with Crippen molar-refractivity contribution in [1.29, 1.82) is 0 Å². The number of nitrogens with one attached hydrogen (secondary N) is 1. The van der Waals surface area contributed by atoms with E-state index in [9.17, 15) is 0 Å². The van der Waals surface area contributed by atoms with Crippen LogP contribution in [0.15, 0.2) is 60.9 Å². The van der Waals surface area contributed by atoms with Gasteiger partial charge in [-0.05, 0) is 48.6 Å². The number of pyridine rings is 1. The van der Waals surface area contributed by atoms with Crippen LogP contribution in [0.2, 0.25) is 0 Å². The smallest absolute Gasteiger partial charge is 0.231 e. The molecule has 2 aromatic heterocycles. The molecule has 2 aliphatic heterocycles. The Labute approximate surface area is 162 Å². The molecule has 1 fully saturated rings. The summed E-state index contributed by atoms with van der Waals surface area (Å²) >= 11 is 5.73. The van der Waals surface area contributed by atoms with Gasteiger partial charge in [0.2, 0.25) is 6.79 Å². The predicted octanol–water partition coefficient (Wildman–Crippen LogP) is 3.33. The fourth-order valence-corrected chi connectivity index (χ4v) is 4.10. The summed E-state index contributed by atoms with van der Waals surface area (Å²) in [6.45, 7) is 0.249. The monoisotopic (exact) mass is 378 g/mol. The number of rotatable bonds is 3. The van der Waals surface area contributed by atoms with Gasteiger partial charge in [-0.2, -0.15) is 0 Å². The summed E-state index contributed by atoms with van der Waals surface area (Å²) < 4.78 is 13.1. The van der Waals surface area contributed by atoms with Crippen LogP contribution < -0.4 is 19.7 Å². The second-order valence-electron chi connectivity index (χ2n) is 6.58. The number of thiocarbonyl (C=S) groups is 1. The van der Waals surface area contributed by atoms with E-state index >= 15 is 0 Å². The van der Waals surface area contributed by atoms with E-state index in [2.05, 4.69) is 25.8 Å². The van der Waals surface area contributed by atoms with E-state index in [1.165, 1.54) is 0 Å². The Bertz CT molecular complexity index is 1000. The lowest BCUT2D eigenvalue weighted by molar-refractivity contribution is 0.174. The molecular formula is C20H18N4O2S. The van der Waals surface area contributed by atoms with E-state index in [-0.39, 0.29) is 18.9 Å². The quantitative estimate of drug-likeness (QED) is 0.706. The topological polar surface area (TPSA) is 51.6 Å². The van der Waals surface area contributed by atoms with E-state index in [1.807, 2.05) is 61.9 Å². The lowest BCUT2D eigenvalue weighted by Gasteiger charge is -2.28. The molecule has 0 bridgehead atoms. The zero-order chi connectivity index (χ0) is 18.4. The number of anilines is 1. The highest BCUT2D eigenvalue weighted by Crippen LogP contribution is 2.44. The zero-order valence-electron chi connectivity index (χ0n) is 14.7. The van der Waals surface area contributed by atoms with Crippen molar-refractivity contribution >= 4 is 23.0 Å². The van der Waals surface area contributed by atoms with Gasteiger partial charge in [0.25, 0.3) is 0 Å². The number of aryl methyl sites for hydroxylation is 1. The minimum Gasteiger partial charge on any atom is -0.454 e. The number of ether oxygens (including phenoxy) is 2. The highest BCUT2D eigenvalue weighted by atomic mass is 32.1. The summed E-state index contributed by atoms with van der Waals surface area (Å²) in [7, 11) is 2.05. The second kappa shape index (κ2) is 6.28. The van der Waals surface area contributed by atoms with Gasteiger partial charge in [0.05, 0.1) is 11.7 Å². The van der Waals surface area contributed by atoms with Crippen LogP contribution in [0.5, 0.6) is 11.5 Å². The maximum atomic E-state index is 5.73. The van der Waals surface area contributed by atoms with Gasteiger partial charge in [-0.1, -0.05) is 6.07 Å². The maximum absolute atomic E-state index is 5.73. The fraction of sp³-hybridized carbons (Fsp3) is 0.200. The number of benzene rings is 1. The Balaban J connectivity index is 1.63. The molecule has 6 nitrogen and oxygen atoms in total. The third-order valence-corrected chi connectivity index (χ3v) is 5.33. The summed E-state index contributed by atoms with van der Waals surface area (Å²) in [6, 6.07) is 15.9. The van der Waals surface area contributed by atoms with Gasteiger partial charge in [0.15, 0.2) is 16.6 Å². The van der Waals surface area contributed by atoms with Crippen molar-refractivity contribution in [2.24, 2.45) is 7.05 Å². The van der Waals surface area contributed by atoms with Crippen molar-refractivity contribution < 1.29 is 9.47 Å². The van der Waals surface area contributed by atoms with Crippen molar-refractivity contribution in [3.8, 4) is 11.5 Å². The second-order valence-corrected chi connectivity index (χ2v) is 6.96. The average Bonchev–Trinajstić information content (AvgIpc) is 3.40. The first kappa shape index (κ1) is 16.1. The summed E-state index contributed by atoms with van der Waals surface area (Å²) in [5.74, 6) is 1.50. The van der Waals surface area contributed by atoms with Crippen LogP contribution in [0.1, 0.15) is 23.5 Å². The molecule has 5 rings (SSSR count). The molecule has 0 saturated carbocycles. The Morgan fingerprint density at radius 2 is 2.00 bits per heavy atom. The van der Waals surface area contributed by atoms with E-state index in [1.54, 1.807) is 0 Å². The van der Waals surface area contributed by atoms with Gasteiger partial charge in [-0.15, -0.1) is 0 Å². The minimum absolute atomic E-state index is 0.0345. The molecule has 0 spiro atoms. The fourth-order valence-electron chi connectivity index (χ4n) is 3.75. The van der Waals surface area contributed by atoms with Crippen molar-refractivity contribution in [1.82, 2.24) is 14.9 Å². The van der Waals surface area contributed by atoms with E-state index in [0.29, 0.717) is 5.11 Å². The summed E-state index contributed by atoms with van der Waals surface area (Å²) in [5.41, 5.74) is 3.06. The predicted molar refractivity (Wildman–Crippen MR) is 106 cm³/mol.